The predicted octanol–water partition coefficient (Wildman–Crippen LogP) is 4.13. The van der Waals surface area contributed by atoms with E-state index in [1.54, 1.807) is 4.68 Å². The number of nitrogens with zero attached hydrogens (tertiary/aromatic N) is 2. The maximum atomic E-state index is 12.6. The summed E-state index contributed by atoms with van der Waals surface area (Å²) in [6.07, 6.45) is 0.893. The van der Waals surface area contributed by atoms with Crippen LogP contribution in [0, 0.1) is 12.3 Å². The average Bonchev–Trinajstić information content (AvgIpc) is 2.78. The molecule has 0 radical (unpaired) electrons. The molecule has 23 heavy (non-hydrogen) atoms. The molecule has 0 saturated heterocycles. The van der Waals surface area contributed by atoms with E-state index in [0.29, 0.717) is 5.69 Å². The fraction of sp³-hybridized carbons (Fsp3) is 0.474. The van der Waals surface area contributed by atoms with Gasteiger partial charge in [0.15, 0.2) is 5.69 Å². The molecule has 2 aromatic rings. The largest absolute Gasteiger partial charge is 0.346 e. The van der Waals surface area contributed by atoms with Crippen LogP contribution in [0.1, 0.15) is 57.2 Å². The molecule has 0 unspecified atom stereocenters. The average molecular weight is 313 g/mol. The highest BCUT2D eigenvalue weighted by Gasteiger charge is 2.28. The summed E-state index contributed by atoms with van der Waals surface area (Å²) in [6, 6.07) is 11.7. The van der Waals surface area contributed by atoms with Crippen molar-refractivity contribution in [2.45, 2.75) is 53.5 Å². The number of aryl methyl sites for hydroxylation is 1. The van der Waals surface area contributed by atoms with Gasteiger partial charge in [0.2, 0.25) is 0 Å². The van der Waals surface area contributed by atoms with Gasteiger partial charge in [0.1, 0.15) is 0 Å². The van der Waals surface area contributed by atoms with Gasteiger partial charge in [-0.15, -0.1) is 0 Å². The highest BCUT2D eigenvalue weighted by atomic mass is 16.2. The number of amides is 1. The second kappa shape index (κ2) is 6.19. The van der Waals surface area contributed by atoms with Gasteiger partial charge in [0.05, 0.1) is 5.69 Å². The zero-order valence-electron chi connectivity index (χ0n) is 15.0. The molecule has 1 N–H and O–H groups in total. The number of nitrogens with one attached hydrogen (secondary N) is 1. The molecule has 0 saturated carbocycles. The third kappa shape index (κ3) is 4.68. The minimum atomic E-state index is -0.278. The van der Waals surface area contributed by atoms with Gasteiger partial charge in [-0.2, -0.15) is 5.10 Å². The lowest BCUT2D eigenvalue weighted by Gasteiger charge is -2.33. The number of carbonyl (C=O) groups is 1. The van der Waals surface area contributed by atoms with Crippen molar-refractivity contribution in [2.75, 3.05) is 0 Å². The molecule has 1 heterocycles. The molecule has 124 valence electrons. The smallest absolute Gasteiger partial charge is 0.272 e. The van der Waals surface area contributed by atoms with E-state index in [0.717, 1.165) is 17.8 Å². The van der Waals surface area contributed by atoms with Crippen molar-refractivity contribution in [3.8, 4) is 5.69 Å². The normalized spacial score (nSPS) is 12.3. The molecule has 0 bridgehead atoms. The Bertz CT molecular complexity index is 678. The van der Waals surface area contributed by atoms with Crippen LogP contribution in [-0.2, 0) is 0 Å². The van der Waals surface area contributed by atoms with Crippen molar-refractivity contribution in [3.05, 3.63) is 47.8 Å². The molecule has 1 aromatic carbocycles. The molecule has 0 aliphatic carbocycles. The van der Waals surface area contributed by atoms with Crippen LogP contribution in [0.5, 0.6) is 0 Å². The molecule has 1 amide bonds. The Morgan fingerprint density at radius 3 is 2.30 bits per heavy atom. The summed E-state index contributed by atoms with van der Waals surface area (Å²) in [5, 5.41) is 7.57. The van der Waals surface area contributed by atoms with Crippen LogP contribution >= 0.6 is 0 Å². The monoisotopic (exact) mass is 313 g/mol. The van der Waals surface area contributed by atoms with E-state index in [9.17, 15) is 4.79 Å². The quantitative estimate of drug-likeness (QED) is 0.922. The first-order chi connectivity index (χ1) is 10.6. The van der Waals surface area contributed by atoms with Gasteiger partial charge in [-0.3, -0.25) is 4.79 Å². The van der Waals surface area contributed by atoms with Crippen LogP contribution in [0.3, 0.4) is 0 Å². The second-order valence-electron chi connectivity index (χ2n) is 7.99. The summed E-state index contributed by atoms with van der Waals surface area (Å²) >= 11 is 0. The molecule has 0 fully saturated rings. The Morgan fingerprint density at radius 2 is 1.74 bits per heavy atom. The van der Waals surface area contributed by atoms with Crippen molar-refractivity contribution >= 4 is 5.91 Å². The van der Waals surface area contributed by atoms with Crippen LogP contribution in [0.25, 0.3) is 5.69 Å². The molecule has 0 atom stereocenters. The van der Waals surface area contributed by atoms with Crippen LogP contribution in [0.15, 0.2) is 36.4 Å². The first-order valence-corrected chi connectivity index (χ1v) is 8.02. The van der Waals surface area contributed by atoms with E-state index in [1.165, 1.54) is 0 Å². The zero-order valence-corrected chi connectivity index (χ0v) is 15.0. The number of aromatic nitrogens is 2. The Balaban J connectivity index is 2.18. The Kier molecular flexibility index (Phi) is 4.64. The van der Waals surface area contributed by atoms with Crippen LogP contribution in [-0.4, -0.2) is 21.2 Å². The Labute approximate surface area is 138 Å². The van der Waals surface area contributed by atoms with Crippen LogP contribution in [0.2, 0.25) is 0 Å². The van der Waals surface area contributed by atoms with E-state index in [2.05, 4.69) is 45.0 Å². The maximum Gasteiger partial charge on any atom is 0.272 e. The number of rotatable bonds is 4. The maximum absolute atomic E-state index is 12.6. The van der Waals surface area contributed by atoms with Crippen molar-refractivity contribution < 1.29 is 4.79 Å². The number of carbonyl (C=O) groups excluding carboxylic acids is 1. The number of hydrogen-bond acceptors (Lipinski definition) is 2. The first kappa shape index (κ1) is 17.3. The molecule has 0 aliphatic heterocycles. The summed E-state index contributed by atoms with van der Waals surface area (Å²) in [4.78, 5) is 12.6. The topological polar surface area (TPSA) is 46.9 Å². The number of para-hydroxylation sites is 1. The fourth-order valence-electron chi connectivity index (χ4n) is 3.16. The summed E-state index contributed by atoms with van der Waals surface area (Å²) in [5.41, 5.74) is 2.22. The van der Waals surface area contributed by atoms with E-state index < -0.39 is 0 Å². The first-order valence-electron chi connectivity index (χ1n) is 8.02. The molecule has 4 nitrogen and oxygen atoms in total. The van der Waals surface area contributed by atoms with E-state index in [4.69, 9.17) is 0 Å². The lowest BCUT2D eigenvalue weighted by molar-refractivity contribution is 0.0886. The van der Waals surface area contributed by atoms with Crippen molar-refractivity contribution in [1.82, 2.24) is 15.1 Å². The third-order valence-electron chi connectivity index (χ3n) is 3.55. The molecule has 1 aromatic heterocycles. The molecular formula is C19H27N3O. The van der Waals surface area contributed by atoms with E-state index in [-0.39, 0.29) is 16.9 Å². The van der Waals surface area contributed by atoms with Gasteiger partial charge >= 0.3 is 0 Å². The highest BCUT2D eigenvalue weighted by Crippen LogP contribution is 2.27. The third-order valence-corrected chi connectivity index (χ3v) is 3.55. The molecule has 4 heteroatoms. The van der Waals surface area contributed by atoms with Gasteiger partial charge in [-0.25, -0.2) is 4.68 Å². The van der Waals surface area contributed by atoms with Crippen molar-refractivity contribution in [3.63, 3.8) is 0 Å². The SMILES string of the molecule is Cc1cc(C(=O)NC(C)(C)CC(C)(C)C)nn1-c1ccccc1. The summed E-state index contributed by atoms with van der Waals surface area (Å²) in [6.45, 7) is 12.6. The van der Waals surface area contributed by atoms with Gasteiger partial charge in [0.25, 0.3) is 5.91 Å². The van der Waals surface area contributed by atoms with Crippen molar-refractivity contribution in [2.24, 2.45) is 5.41 Å². The van der Waals surface area contributed by atoms with Gasteiger partial charge in [-0.05, 0) is 50.8 Å². The van der Waals surface area contributed by atoms with Gasteiger partial charge < -0.3 is 5.32 Å². The zero-order chi connectivity index (χ0) is 17.3. The second-order valence-corrected chi connectivity index (χ2v) is 7.99. The minimum Gasteiger partial charge on any atom is -0.346 e. The standard InChI is InChI=1S/C19H27N3O/c1-14-12-16(21-22(14)15-10-8-7-9-11-15)17(23)20-19(5,6)13-18(2,3)4/h7-12H,13H2,1-6H3,(H,20,23). The van der Waals surface area contributed by atoms with Gasteiger partial charge in [0, 0.05) is 11.2 Å². The summed E-state index contributed by atoms with van der Waals surface area (Å²) in [5.74, 6) is -0.128. The van der Waals surface area contributed by atoms with Crippen LogP contribution in [0.4, 0.5) is 0 Å². The molecular weight excluding hydrogens is 286 g/mol. The van der Waals surface area contributed by atoms with Crippen molar-refractivity contribution in [1.29, 1.82) is 0 Å². The number of hydrogen-bond donors (Lipinski definition) is 1. The fourth-order valence-corrected chi connectivity index (χ4v) is 3.16. The summed E-state index contributed by atoms with van der Waals surface area (Å²) in [7, 11) is 0. The minimum absolute atomic E-state index is 0.128. The van der Waals surface area contributed by atoms with Gasteiger partial charge in [-0.1, -0.05) is 39.0 Å². The Morgan fingerprint density at radius 1 is 1.13 bits per heavy atom. The van der Waals surface area contributed by atoms with Crippen LogP contribution < -0.4 is 5.32 Å². The molecule has 0 spiro atoms. The van der Waals surface area contributed by atoms with E-state index in [1.807, 2.05) is 43.3 Å². The lowest BCUT2D eigenvalue weighted by atomic mass is 9.82. The number of benzene rings is 1. The highest BCUT2D eigenvalue weighted by molar-refractivity contribution is 5.92. The predicted molar refractivity (Wildman–Crippen MR) is 93.9 cm³/mol. The molecule has 2 rings (SSSR count). The van der Waals surface area contributed by atoms with E-state index >= 15 is 0 Å². The Hall–Kier alpha value is -2.10. The molecule has 0 aliphatic rings. The lowest BCUT2D eigenvalue weighted by Crippen LogP contribution is -2.46. The summed E-state index contributed by atoms with van der Waals surface area (Å²) < 4.78 is 1.80.